The summed E-state index contributed by atoms with van der Waals surface area (Å²) >= 11 is 0. The Morgan fingerprint density at radius 1 is 0.406 bits per heavy atom. The standard InChI is InChI=1S/C67H25N2/c1-7-9-11-13-15-17-19-21-23-25-27-29-31-33-35-37-39-41-43-49-58-68-62-54-47-45-52-60(62)66(3,4)64(68)56-51-57-65-67(5,6)61-53-46-48-55-63(61)69(65)59-50-44-42-40-38-36-34-32-30-28-26-24-22-20-18-16-14-12-10-8-2/h1-2,45-48,51-57H,3-6H3/q+1. The number of anilines is 1. The van der Waals surface area contributed by atoms with Gasteiger partial charge in [-0.1, -0.05) is 56.3 Å². The highest BCUT2D eigenvalue weighted by Gasteiger charge is 2.44. The molecule has 2 heteroatoms. The van der Waals surface area contributed by atoms with E-state index in [0.29, 0.717) is 0 Å². The van der Waals surface area contributed by atoms with Gasteiger partial charge in [-0.15, -0.1) is 17.4 Å². The Morgan fingerprint density at radius 3 is 1.17 bits per heavy atom. The highest BCUT2D eigenvalue weighted by atomic mass is 15.2. The molecule has 2 nitrogen and oxygen atoms in total. The van der Waals surface area contributed by atoms with Gasteiger partial charge >= 0.3 is 0 Å². The molecule has 0 amide bonds. The summed E-state index contributed by atoms with van der Waals surface area (Å²) in [5.74, 6) is 102. The second-order valence-corrected chi connectivity index (χ2v) is 13.5. The summed E-state index contributed by atoms with van der Waals surface area (Å²) in [5, 5.41) is 0. The van der Waals surface area contributed by atoms with Gasteiger partial charge in [0.1, 0.15) is 0 Å². The number of allylic oxidation sites excluding steroid dienone is 4. The zero-order valence-corrected chi connectivity index (χ0v) is 37.4. The first kappa shape index (κ1) is 49.4. The molecule has 0 saturated carbocycles. The van der Waals surface area contributed by atoms with Gasteiger partial charge in [-0.3, -0.25) is 4.90 Å². The summed E-state index contributed by atoms with van der Waals surface area (Å²) < 4.78 is 1.97. The number of hydrogen-bond donors (Lipinski definition) is 0. The van der Waals surface area contributed by atoms with E-state index in [2.05, 4.69) is 301 Å². The predicted octanol–water partition coefficient (Wildman–Crippen LogP) is 5.55. The van der Waals surface area contributed by atoms with Crippen LogP contribution >= 0.6 is 0 Å². The fourth-order valence-corrected chi connectivity index (χ4v) is 5.83. The van der Waals surface area contributed by atoms with Crippen molar-refractivity contribution in [2.45, 2.75) is 38.5 Å². The molecule has 0 radical (unpaired) electrons. The zero-order valence-electron chi connectivity index (χ0n) is 37.4. The first-order valence-electron chi connectivity index (χ1n) is 19.8. The summed E-state index contributed by atoms with van der Waals surface area (Å²) in [6.45, 7) is 8.68. The van der Waals surface area contributed by atoms with Crippen LogP contribution in [0.4, 0.5) is 11.4 Å². The minimum absolute atomic E-state index is 0.361. The highest BCUT2D eigenvalue weighted by Crippen LogP contribution is 2.47. The van der Waals surface area contributed by atoms with E-state index in [9.17, 15) is 0 Å². The molecule has 0 fully saturated rings. The van der Waals surface area contributed by atoms with E-state index in [1.807, 2.05) is 51.9 Å². The first-order valence-corrected chi connectivity index (χ1v) is 19.8. The van der Waals surface area contributed by atoms with Crippen LogP contribution in [-0.2, 0) is 10.8 Å². The van der Waals surface area contributed by atoms with Crippen LogP contribution in [0.2, 0.25) is 0 Å². The molecular weight excluding hydrogens is 833 g/mol. The van der Waals surface area contributed by atoms with Gasteiger partial charge in [0.2, 0.25) is 17.4 Å². The van der Waals surface area contributed by atoms with Gasteiger partial charge in [0.15, 0.2) is 0 Å². The lowest BCUT2D eigenvalue weighted by Crippen LogP contribution is -2.26. The fourth-order valence-electron chi connectivity index (χ4n) is 5.83. The molecule has 2 aliphatic heterocycles. The molecule has 0 atom stereocenters. The molecule has 0 bridgehead atoms. The van der Waals surface area contributed by atoms with Crippen LogP contribution in [0.3, 0.4) is 0 Å². The Balaban J connectivity index is 1.50. The smallest absolute Gasteiger partial charge is 0.243 e. The number of hydrogen-bond acceptors (Lipinski definition) is 1. The Labute approximate surface area is 408 Å². The molecule has 302 valence electrons. The van der Waals surface area contributed by atoms with Crippen molar-refractivity contribution in [1.82, 2.24) is 0 Å². The molecule has 0 aromatic heterocycles. The lowest BCUT2D eigenvalue weighted by molar-refractivity contribution is -0.332. The molecule has 4 rings (SSSR count). The van der Waals surface area contributed by atoms with E-state index < -0.39 is 0 Å². The van der Waals surface area contributed by atoms with E-state index >= 15 is 0 Å². The molecule has 0 aliphatic carbocycles. The van der Waals surface area contributed by atoms with Crippen molar-refractivity contribution >= 4 is 17.1 Å². The molecule has 2 aromatic carbocycles. The molecule has 0 saturated heterocycles. The van der Waals surface area contributed by atoms with Gasteiger partial charge in [0, 0.05) is 171 Å². The van der Waals surface area contributed by atoms with Crippen molar-refractivity contribution in [2.24, 2.45) is 0 Å². The topological polar surface area (TPSA) is 6.25 Å². The number of fused-ring (bicyclic) bond motifs is 2. The summed E-state index contributed by atoms with van der Waals surface area (Å²) in [6.07, 6.45) is 16.2. The monoisotopic (exact) mass is 857 g/mol. The number of terminal acetylenes is 2. The third-order valence-corrected chi connectivity index (χ3v) is 8.64. The van der Waals surface area contributed by atoms with Gasteiger partial charge in [-0.05, 0) is 126 Å². The lowest BCUT2D eigenvalue weighted by atomic mass is 9.81. The third kappa shape index (κ3) is 16.2. The van der Waals surface area contributed by atoms with Crippen LogP contribution in [0.5, 0.6) is 0 Å². The first-order chi connectivity index (χ1) is 33.8. The van der Waals surface area contributed by atoms with E-state index in [4.69, 9.17) is 12.8 Å². The second-order valence-electron chi connectivity index (χ2n) is 13.5. The quantitative estimate of drug-likeness (QED) is 0.284. The van der Waals surface area contributed by atoms with Gasteiger partial charge in [-0.25, -0.2) is 0 Å². The fraction of sp³-hybridized carbons (Fsp3) is 0.0896. The van der Waals surface area contributed by atoms with Crippen LogP contribution in [-0.4, -0.2) is 10.3 Å². The maximum absolute atomic E-state index is 4.99. The minimum Gasteiger partial charge on any atom is -0.272 e. The van der Waals surface area contributed by atoms with Gasteiger partial charge < -0.3 is 0 Å². The minimum atomic E-state index is -0.361. The summed E-state index contributed by atoms with van der Waals surface area (Å²) in [5.41, 5.74) is 5.46. The van der Waals surface area contributed by atoms with Crippen molar-refractivity contribution in [3.05, 3.63) is 83.6 Å². The largest absolute Gasteiger partial charge is 0.272 e. The van der Waals surface area contributed by atoms with Crippen molar-refractivity contribution in [3.63, 3.8) is 0 Å². The number of nitrogens with zero attached hydrogens (tertiary/aromatic N) is 2. The molecule has 0 spiro atoms. The van der Waals surface area contributed by atoms with Gasteiger partial charge in [0.05, 0.1) is 17.0 Å². The van der Waals surface area contributed by atoms with Crippen molar-refractivity contribution < 1.29 is 4.58 Å². The number of para-hydroxylation sites is 2. The Hall–Kier alpha value is -12.3. The molecule has 2 aliphatic rings. The second kappa shape index (κ2) is 28.3. The molecule has 0 N–H and O–H groups in total. The van der Waals surface area contributed by atoms with Crippen LogP contribution in [0.1, 0.15) is 38.8 Å². The molecular formula is C67H25N2+. The van der Waals surface area contributed by atoms with Crippen LogP contribution in [0.25, 0.3) is 0 Å². The van der Waals surface area contributed by atoms with Gasteiger partial charge in [0.25, 0.3) is 0 Å². The van der Waals surface area contributed by atoms with Crippen molar-refractivity contribution in [2.75, 3.05) is 4.90 Å². The number of benzene rings is 2. The van der Waals surface area contributed by atoms with E-state index in [1.54, 1.807) is 0 Å². The Bertz CT molecular complexity index is 4100. The Morgan fingerprint density at radius 2 is 0.754 bits per heavy atom. The lowest BCUT2D eigenvalue weighted by Gasteiger charge is -2.22. The molecule has 2 aromatic rings. The third-order valence-electron chi connectivity index (χ3n) is 8.64. The summed E-state index contributed by atoms with van der Waals surface area (Å²) in [6, 6.07) is 22.8. The van der Waals surface area contributed by atoms with Crippen LogP contribution < -0.4 is 4.90 Å². The average molecular weight is 858 g/mol. The number of rotatable bonds is 2. The normalized spacial score (nSPS) is 10.7. The average Bonchev–Trinajstić information content (AvgIpc) is 3.70. The Kier molecular flexibility index (Phi) is 20.3. The molecule has 2 heterocycles. The van der Waals surface area contributed by atoms with Gasteiger partial charge in [-0.2, -0.15) is 0 Å². The van der Waals surface area contributed by atoms with Crippen LogP contribution in [0.15, 0.2) is 72.5 Å². The molecule has 69 heavy (non-hydrogen) atoms. The van der Waals surface area contributed by atoms with Crippen LogP contribution in [0, 0.1) is 262 Å². The predicted molar refractivity (Wildman–Crippen MR) is 277 cm³/mol. The molecule has 0 unspecified atom stereocenters. The van der Waals surface area contributed by atoms with Crippen molar-refractivity contribution in [1.29, 1.82) is 0 Å². The zero-order chi connectivity index (χ0) is 49.1. The van der Waals surface area contributed by atoms with E-state index in [1.165, 1.54) is 0 Å². The summed E-state index contributed by atoms with van der Waals surface area (Å²) in [4.78, 5) is 1.97. The maximum atomic E-state index is 4.99. The summed E-state index contributed by atoms with van der Waals surface area (Å²) in [7, 11) is 0. The van der Waals surface area contributed by atoms with Crippen molar-refractivity contribution in [3.8, 4) is 262 Å². The SMILES string of the molecule is C#CC#CC#CC#CC#CC#CC#CC#CC#CC#CC#CN1/C(=C/C=C/C2=[N+](C#CC#CC#CC#CC#CC#CC#CC#CC#CC#CC#C)c3ccccc3C2(C)C)C(C)(C)c2ccccc21. The highest BCUT2D eigenvalue weighted by molar-refractivity contribution is 6.03. The van der Waals surface area contributed by atoms with E-state index in [0.717, 1.165) is 33.9 Å². The maximum Gasteiger partial charge on any atom is 0.243 e. The van der Waals surface area contributed by atoms with E-state index in [-0.39, 0.29) is 10.8 Å².